The molecule has 2 aliphatic rings. The minimum absolute atomic E-state index is 0.0129. The van der Waals surface area contributed by atoms with Crippen LogP contribution in [0.3, 0.4) is 0 Å². The molecule has 0 saturated heterocycles. The molecule has 0 bridgehead atoms. The Morgan fingerprint density at radius 1 is 1.25 bits per heavy atom. The van der Waals surface area contributed by atoms with Gasteiger partial charge in [-0.2, -0.15) is 0 Å². The van der Waals surface area contributed by atoms with E-state index in [-0.39, 0.29) is 5.96 Å². The topological polar surface area (TPSA) is 168 Å². The van der Waals surface area contributed by atoms with Gasteiger partial charge in [0.15, 0.2) is 5.96 Å². The zero-order valence-corrected chi connectivity index (χ0v) is 15.4. The highest BCUT2D eigenvalue weighted by Crippen LogP contribution is 2.35. The summed E-state index contributed by atoms with van der Waals surface area (Å²) in [5.41, 5.74) is 19.2. The summed E-state index contributed by atoms with van der Waals surface area (Å²) in [7, 11) is 0. The zero-order chi connectivity index (χ0) is 20.7. The fourth-order valence-electron chi connectivity index (χ4n) is 2.95. The molecular weight excluding hydrogens is 362 g/mol. The second-order valence-electron chi connectivity index (χ2n) is 6.44. The SMILES string of the molecule is NC(N)=NCCC[C@H](N)C(=O)O.O=C(O)C1=CN2CC=Cc3cccc(c32)C1. The predicted octanol–water partition coefficient (Wildman–Crippen LogP) is 0.496. The van der Waals surface area contributed by atoms with Crippen molar-refractivity contribution in [2.75, 3.05) is 18.0 Å². The van der Waals surface area contributed by atoms with Crippen molar-refractivity contribution in [2.24, 2.45) is 22.2 Å². The second kappa shape index (κ2) is 9.56. The molecule has 9 nitrogen and oxygen atoms in total. The van der Waals surface area contributed by atoms with Gasteiger partial charge in [-0.1, -0.05) is 30.4 Å². The molecule has 0 aromatic heterocycles. The molecule has 1 aromatic rings. The number of aliphatic imine (C=N–C) groups is 1. The highest BCUT2D eigenvalue weighted by molar-refractivity contribution is 5.91. The van der Waals surface area contributed by atoms with E-state index >= 15 is 0 Å². The Bertz CT molecular complexity index is 828. The molecule has 8 N–H and O–H groups in total. The quantitative estimate of drug-likeness (QED) is 0.267. The van der Waals surface area contributed by atoms with E-state index in [1.54, 1.807) is 6.20 Å². The van der Waals surface area contributed by atoms with Gasteiger partial charge in [-0.25, -0.2) is 4.79 Å². The van der Waals surface area contributed by atoms with Crippen molar-refractivity contribution < 1.29 is 19.8 Å². The smallest absolute Gasteiger partial charge is 0.333 e. The largest absolute Gasteiger partial charge is 0.480 e. The third kappa shape index (κ3) is 5.58. The molecule has 28 heavy (non-hydrogen) atoms. The first-order chi connectivity index (χ1) is 13.3. The summed E-state index contributed by atoms with van der Waals surface area (Å²) in [6.07, 6.45) is 7.36. The van der Waals surface area contributed by atoms with Gasteiger partial charge in [-0.3, -0.25) is 9.79 Å². The molecule has 150 valence electrons. The first-order valence-electron chi connectivity index (χ1n) is 8.82. The monoisotopic (exact) mass is 387 g/mol. The van der Waals surface area contributed by atoms with Crippen molar-refractivity contribution in [2.45, 2.75) is 25.3 Å². The zero-order valence-electron chi connectivity index (χ0n) is 15.4. The minimum Gasteiger partial charge on any atom is -0.480 e. The number of carbonyl (C=O) groups is 2. The number of nitrogens with zero attached hydrogens (tertiary/aromatic N) is 2. The fourth-order valence-corrected chi connectivity index (χ4v) is 2.95. The van der Waals surface area contributed by atoms with Crippen LogP contribution in [0.25, 0.3) is 6.08 Å². The van der Waals surface area contributed by atoms with E-state index < -0.39 is 18.0 Å². The number of para-hydroxylation sites is 1. The molecule has 0 saturated carbocycles. The normalized spacial score (nSPS) is 14.8. The van der Waals surface area contributed by atoms with Gasteiger partial charge >= 0.3 is 11.9 Å². The number of hydrogen-bond donors (Lipinski definition) is 5. The van der Waals surface area contributed by atoms with E-state index in [0.29, 0.717) is 31.4 Å². The summed E-state index contributed by atoms with van der Waals surface area (Å²) < 4.78 is 0. The molecule has 2 heterocycles. The van der Waals surface area contributed by atoms with Crippen LogP contribution < -0.4 is 22.1 Å². The lowest BCUT2D eigenvalue weighted by Gasteiger charge is -2.31. The third-order valence-corrected chi connectivity index (χ3v) is 4.29. The predicted molar refractivity (Wildman–Crippen MR) is 108 cm³/mol. The molecule has 0 radical (unpaired) electrons. The van der Waals surface area contributed by atoms with Gasteiger partial charge in [-0.05, 0) is 24.0 Å². The molecular formula is C19H25N5O4. The fraction of sp³-hybridized carbons (Fsp3) is 0.316. The first kappa shape index (κ1) is 21.0. The van der Waals surface area contributed by atoms with Crippen LogP contribution >= 0.6 is 0 Å². The van der Waals surface area contributed by atoms with E-state index in [1.807, 2.05) is 23.1 Å². The molecule has 1 aromatic carbocycles. The second-order valence-corrected chi connectivity index (χ2v) is 6.44. The maximum absolute atomic E-state index is 11.0. The van der Waals surface area contributed by atoms with Gasteiger partial charge in [0.05, 0.1) is 11.3 Å². The number of rotatable bonds is 6. The molecule has 0 spiro atoms. The Hall–Kier alpha value is -3.33. The van der Waals surface area contributed by atoms with Gasteiger partial charge in [0.1, 0.15) is 6.04 Å². The Morgan fingerprint density at radius 3 is 2.64 bits per heavy atom. The Kier molecular flexibility index (Phi) is 7.16. The third-order valence-electron chi connectivity index (χ3n) is 4.29. The number of carboxylic acid groups (broad SMARTS) is 2. The standard InChI is InChI=1S/C13H11NO2.C6H14N4O2/c15-13(16)11-7-10-4-1-3-9-5-2-6-14(8-11)12(9)10;7-4(5(11)12)2-1-3-10-6(8)9/h1-5,8H,6-7H2,(H,15,16);4H,1-3,7H2,(H,11,12)(H4,8,9,10)/t;4-/m.0/s1. The van der Waals surface area contributed by atoms with Crippen LogP contribution in [-0.2, 0) is 16.0 Å². The van der Waals surface area contributed by atoms with Gasteiger partial charge < -0.3 is 32.3 Å². The Balaban J connectivity index is 0.000000211. The van der Waals surface area contributed by atoms with E-state index in [1.165, 1.54) is 5.56 Å². The molecule has 9 heteroatoms. The summed E-state index contributed by atoms with van der Waals surface area (Å²) in [4.78, 5) is 26.9. The van der Waals surface area contributed by atoms with E-state index in [0.717, 1.165) is 17.8 Å². The van der Waals surface area contributed by atoms with Crippen LogP contribution in [-0.4, -0.2) is 47.2 Å². The maximum atomic E-state index is 11.0. The van der Waals surface area contributed by atoms with Crippen LogP contribution in [0.5, 0.6) is 0 Å². The number of benzene rings is 1. The van der Waals surface area contributed by atoms with Crippen LogP contribution in [0.2, 0.25) is 0 Å². The number of guanidine groups is 1. The summed E-state index contributed by atoms with van der Waals surface area (Å²) in [5, 5.41) is 17.4. The minimum atomic E-state index is -1.00. The van der Waals surface area contributed by atoms with E-state index in [9.17, 15) is 9.59 Å². The summed E-state index contributed by atoms with van der Waals surface area (Å²) in [5.74, 6) is -1.82. The van der Waals surface area contributed by atoms with Crippen molar-refractivity contribution in [3.8, 4) is 0 Å². The van der Waals surface area contributed by atoms with Gasteiger partial charge in [0, 0.05) is 25.7 Å². The molecule has 3 rings (SSSR count). The molecule has 2 aliphatic heterocycles. The number of nitrogens with two attached hydrogens (primary N) is 3. The summed E-state index contributed by atoms with van der Waals surface area (Å²) in [6.45, 7) is 1.17. The molecule has 0 amide bonds. The van der Waals surface area contributed by atoms with Crippen molar-refractivity contribution in [1.82, 2.24) is 0 Å². The van der Waals surface area contributed by atoms with Gasteiger partial charge in [-0.15, -0.1) is 0 Å². The van der Waals surface area contributed by atoms with Gasteiger partial charge in [0.2, 0.25) is 0 Å². The van der Waals surface area contributed by atoms with Crippen LogP contribution in [0.15, 0.2) is 41.0 Å². The highest BCUT2D eigenvalue weighted by Gasteiger charge is 2.23. The van der Waals surface area contributed by atoms with Crippen molar-refractivity contribution in [3.05, 3.63) is 47.2 Å². The Morgan fingerprint density at radius 2 is 2.00 bits per heavy atom. The first-order valence-corrected chi connectivity index (χ1v) is 8.82. The lowest BCUT2D eigenvalue weighted by Crippen LogP contribution is -2.30. The summed E-state index contributed by atoms with van der Waals surface area (Å²) >= 11 is 0. The van der Waals surface area contributed by atoms with Crippen LogP contribution in [0.1, 0.15) is 24.0 Å². The van der Waals surface area contributed by atoms with E-state index in [2.05, 4.69) is 17.1 Å². The van der Waals surface area contributed by atoms with Crippen LogP contribution in [0.4, 0.5) is 5.69 Å². The average molecular weight is 387 g/mol. The van der Waals surface area contributed by atoms with Crippen molar-refractivity contribution in [1.29, 1.82) is 0 Å². The molecule has 0 fully saturated rings. The molecule has 0 aliphatic carbocycles. The summed E-state index contributed by atoms with van der Waals surface area (Å²) in [6, 6.07) is 5.22. The average Bonchev–Trinajstić information content (AvgIpc) is 2.65. The molecule has 1 atom stereocenters. The number of aliphatic carboxylic acids is 2. The molecule has 0 unspecified atom stereocenters. The number of anilines is 1. The highest BCUT2D eigenvalue weighted by atomic mass is 16.4. The Labute approximate surface area is 162 Å². The van der Waals surface area contributed by atoms with Crippen LogP contribution in [0, 0.1) is 0 Å². The lowest BCUT2D eigenvalue weighted by molar-refractivity contribution is -0.138. The maximum Gasteiger partial charge on any atom is 0.333 e. The van der Waals surface area contributed by atoms with E-state index in [4.69, 9.17) is 27.4 Å². The van der Waals surface area contributed by atoms with Crippen molar-refractivity contribution >= 4 is 29.7 Å². The van der Waals surface area contributed by atoms with Gasteiger partial charge in [0.25, 0.3) is 0 Å². The number of carboxylic acids is 2. The number of hydrogen-bond acceptors (Lipinski definition) is 5. The lowest BCUT2D eigenvalue weighted by atomic mass is 9.94. The van der Waals surface area contributed by atoms with Crippen molar-refractivity contribution in [3.63, 3.8) is 0 Å².